The van der Waals surface area contributed by atoms with Crippen molar-refractivity contribution in [3.05, 3.63) is 53.4 Å². The molecule has 2 unspecified atom stereocenters. The highest BCUT2D eigenvalue weighted by Crippen LogP contribution is 2.42. The summed E-state index contributed by atoms with van der Waals surface area (Å²) in [5.74, 6) is -6.48. The van der Waals surface area contributed by atoms with Crippen molar-refractivity contribution in [2.45, 2.75) is 81.1 Å². The highest BCUT2D eigenvalue weighted by atomic mass is 35.5. The average molecular weight is 789 g/mol. The first-order valence-electron chi connectivity index (χ1n) is 15.3. The summed E-state index contributed by atoms with van der Waals surface area (Å²) in [6, 6.07) is 2.25. The molecule has 266 valence electrons. The minimum atomic E-state index is -1.65. The van der Waals surface area contributed by atoms with E-state index in [1.165, 1.54) is 0 Å². The van der Waals surface area contributed by atoms with Gasteiger partial charge in [-0.15, -0.1) is 0 Å². The Morgan fingerprint density at radius 3 is 1.17 bits per heavy atom. The van der Waals surface area contributed by atoms with Gasteiger partial charge in [-0.1, -0.05) is 138 Å². The largest absolute Gasteiger partial charge is 0.462 e. The lowest BCUT2D eigenvalue weighted by Gasteiger charge is -2.30. The summed E-state index contributed by atoms with van der Waals surface area (Å²) in [4.78, 5) is 52.7. The molecule has 0 heterocycles. The highest BCUT2D eigenvalue weighted by Gasteiger charge is 2.34. The van der Waals surface area contributed by atoms with Crippen LogP contribution in [0, 0.1) is 22.7 Å². The van der Waals surface area contributed by atoms with Gasteiger partial charge in [0.05, 0.1) is 43.3 Å². The summed E-state index contributed by atoms with van der Waals surface area (Å²) in [5.41, 5.74) is -1.33. The maximum Gasteiger partial charge on any atom is 0.423 e. The second-order valence-corrected chi connectivity index (χ2v) is 15.8. The number of esters is 4. The minimum absolute atomic E-state index is 0.0105. The van der Waals surface area contributed by atoms with Crippen LogP contribution in [-0.4, -0.2) is 37.1 Å². The second-order valence-electron chi connectivity index (χ2n) is 13.4. The summed E-state index contributed by atoms with van der Waals surface area (Å²) in [7, 11) is 0. The third-order valence-corrected chi connectivity index (χ3v) is 9.91. The molecular formula is C34H40Cl6O8. The summed E-state index contributed by atoms with van der Waals surface area (Å²) in [6.45, 7) is 16.2. The van der Waals surface area contributed by atoms with Crippen molar-refractivity contribution in [2.24, 2.45) is 22.7 Å². The fourth-order valence-corrected chi connectivity index (χ4v) is 6.16. The lowest BCUT2D eigenvalue weighted by atomic mass is 9.79. The van der Waals surface area contributed by atoms with Crippen LogP contribution in [0.4, 0.5) is 0 Å². The van der Waals surface area contributed by atoms with E-state index in [2.05, 4.69) is 0 Å². The Morgan fingerprint density at radius 2 is 0.896 bits per heavy atom. The zero-order valence-electron chi connectivity index (χ0n) is 28.1. The van der Waals surface area contributed by atoms with E-state index in [9.17, 15) is 19.2 Å². The highest BCUT2D eigenvalue weighted by molar-refractivity contribution is 6.47. The van der Waals surface area contributed by atoms with Crippen LogP contribution < -0.4 is 9.47 Å². The molecule has 0 aliphatic rings. The van der Waals surface area contributed by atoms with Crippen molar-refractivity contribution in [2.75, 3.05) is 13.2 Å². The van der Waals surface area contributed by atoms with Gasteiger partial charge >= 0.3 is 23.9 Å². The van der Waals surface area contributed by atoms with Crippen LogP contribution in [0.5, 0.6) is 11.5 Å². The molecule has 8 nitrogen and oxygen atoms in total. The number of rotatable bonds is 12. The topological polar surface area (TPSA) is 105 Å². The number of carbonyl (C=O) groups excluding carboxylic acids is 4. The maximum atomic E-state index is 13.3. The average Bonchev–Trinajstić information content (AvgIpc) is 2.97. The SMILES string of the molecule is CCCC(COC(=O)c1c(Cl)c(Cl)cc(Cl)c1OC(=O)C(=O)Oc1c(Cl)cc(Cl)c(Cl)c1C(=O)OCC(CCC)C(C)(C)C)C(C)(C)C. The molecule has 0 saturated heterocycles. The standard InChI is InChI=1S/C34H40Cl6O8/c1-9-11-17(33(3,4)5)15-45-29(41)23-25(39)19(35)13-21(37)27(23)47-31(43)32(44)48-28-22(38)14-20(36)26(40)24(28)30(42)46-16-18(12-10-2)34(6,7)8/h13-14,17-18H,9-12,15-16H2,1-8H3. The maximum absolute atomic E-state index is 13.3. The Labute approximate surface area is 311 Å². The quantitative estimate of drug-likeness (QED) is 0.0906. The van der Waals surface area contributed by atoms with Crippen LogP contribution in [0.15, 0.2) is 12.1 Å². The van der Waals surface area contributed by atoms with Crippen LogP contribution in [0.1, 0.15) is 102 Å². The second kappa shape index (κ2) is 17.8. The van der Waals surface area contributed by atoms with Gasteiger partial charge in [0.25, 0.3) is 0 Å². The van der Waals surface area contributed by atoms with E-state index >= 15 is 0 Å². The predicted molar refractivity (Wildman–Crippen MR) is 190 cm³/mol. The molecule has 0 amide bonds. The van der Waals surface area contributed by atoms with Gasteiger partial charge in [0.2, 0.25) is 0 Å². The van der Waals surface area contributed by atoms with Crippen molar-refractivity contribution < 1.29 is 38.1 Å². The fraction of sp³-hybridized carbons (Fsp3) is 0.529. The first-order valence-corrected chi connectivity index (χ1v) is 17.5. The number of hydrogen-bond donors (Lipinski definition) is 0. The van der Waals surface area contributed by atoms with E-state index in [-0.39, 0.29) is 66.0 Å². The molecular weight excluding hydrogens is 749 g/mol. The molecule has 0 aliphatic heterocycles. The Hall–Kier alpha value is -1.94. The predicted octanol–water partition coefficient (Wildman–Crippen LogP) is 11.4. The van der Waals surface area contributed by atoms with Crippen LogP contribution in [0.3, 0.4) is 0 Å². The van der Waals surface area contributed by atoms with Gasteiger partial charge in [-0.25, -0.2) is 19.2 Å². The number of benzene rings is 2. The van der Waals surface area contributed by atoms with Crippen LogP contribution in [0.2, 0.25) is 30.1 Å². The molecule has 14 heteroatoms. The number of halogens is 6. The van der Waals surface area contributed by atoms with Crippen molar-refractivity contribution in [3.63, 3.8) is 0 Å². The van der Waals surface area contributed by atoms with Crippen molar-refractivity contribution in [3.8, 4) is 11.5 Å². The molecule has 0 aromatic heterocycles. The molecule has 2 atom stereocenters. The van der Waals surface area contributed by atoms with E-state index in [0.717, 1.165) is 37.8 Å². The molecule has 0 N–H and O–H groups in total. The normalized spacial score (nSPS) is 13.0. The van der Waals surface area contributed by atoms with Crippen LogP contribution in [0.25, 0.3) is 0 Å². The Kier molecular flexibility index (Phi) is 15.7. The Balaban J connectivity index is 2.41. The summed E-state index contributed by atoms with van der Waals surface area (Å²) >= 11 is 37.6. The molecule has 48 heavy (non-hydrogen) atoms. The third-order valence-electron chi connectivity index (χ3n) is 7.77. The zero-order chi connectivity index (χ0) is 36.7. The molecule has 2 aromatic carbocycles. The van der Waals surface area contributed by atoms with Gasteiger partial charge < -0.3 is 18.9 Å². The van der Waals surface area contributed by atoms with E-state index in [1.807, 2.05) is 55.4 Å². The van der Waals surface area contributed by atoms with Crippen molar-refractivity contribution in [1.29, 1.82) is 0 Å². The molecule has 0 spiro atoms. The van der Waals surface area contributed by atoms with Gasteiger partial charge in [0, 0.05) is 0 Å². The first kappa shape index (κ1) is 42.2. The number of hydrogen-bond acceptors (Lipinski definition) is 8. The fourth-order valence-electron chi connectivity index (χ4n) is 4.72. The first-order chi connectivity index (χ1) is 22.1. The molecule has 0 bridgehead atoms. The molecule has 0 fully saturated rings. The number of ether oxygens (including phenoxy) is 4. The molecule has 0 aliphatic carbocycles. The lowest BCUT2D eigenvalue weighted by molar-refractivity contribution is -0.156. The Morgan fingerprint density at radius 1 is 0.583 bits per heavy atom. The molecule has 2 aromatic rings. The van der Waals surface area contributed by atoms with E-state index < -0.39 is 46.5 Å². The van der Waals surface area contributed by atoms with Crippen LogP contribution in [-0.2, 0) is 19.1 Å². The summed E-state index contributed by atoms with van der Waals surface area (Å²) in [5, 5.41) is -1.55. The molecule has 0 radical (unpaired) electrons. The van der Waals surface area contributed by atoms with Crippen LogP contribution >= 0.6 is 69.6 Å². The van der Waals surface area contributed by atoms with Gasteiger partial charge in [0.1, 0.15) is 11.1 Å². The van der Waals surface area contributed by atoms with Gasteiger partial charge in [0.15, 0.2) is 11.5 Å². The van der Waals surface area contributed by atoms with E-state index in [4.69, 9.17) is 88.6 Å². The van der Waals surface area contributed by atoms with E-state index in [1.54, 1.807) is 0 Å². The lowest BCUT2D eigenvalue weighted by Crippen LogP contribution is -2.29. The monoisotopic (exact) mass is 786 g/mol. The molecule has 2 rings (SSSR count). The minimum Gasteiger partial charge on any atom is -0.462 e. The summed E-state index contributed by atoms with van der Waals surface area (Å²) < 4.78 is 21.5. The molecule has 0 saturated carbocycles. The summed E-state index contributed by atoms with van der Waals surface area (Å²) in [6.07, 6.45) is 3.26. The van der Waals surface area contributed by atoms with Gasteiger partial charge in [-0.3, -0.25) is 0 Å². The van der Waals surface area contributed by atoms with E-state index in [0.29, 0.717) is 0 Å². The van der Waals surface area contributed by atoms with Crippen molar-refractivity contribution in [1.82, 2.24) is 0 Å². The zero-order valence-corrected chi connectivity index (χ0v) is 32.6. The third kappa shape index (κ3) is 11.0. The van der Waals surface area contributed by atoms with Crippen molar-refractivity contribution >= 4 is 93.5 Å². The number of carbonyl (C=O) groups is 4. The smallest absolute Gasteiger partial charge is 0.423 e. The van der Waals surface area contributed by atoms with Gasteiger partial charge in [-0.2, -0.15) is 0 Å². The Bertz CT molecular complexity index is 1410. The van der Waals surface area contributed by atoms with Gasteiger partial charge in [-0.05, 0) is 47.6 Å².